The van der Waals surface area contributed by atoms with Crippen molar-refractivity contribution in [3.8, 4) is 0 Å². The van der Waals surface area contributed by atoms with Crippen LogP contribution in [-0.4, -0.2) is 0 Å². The summed E-state index contributed by atoms with van der Waals surface area (Å²) in [7, 11) is 0. The van der Waals surface area contributed by atoms with Crippen LogP contribution in [0.2, 0.25) is 0 Å². The Morgan fingerprint density at radius 3 is 2.43 bits per heavy atom. The molecule has 0 aliphatic rings. The third kappa shape index (κ3) is 3.53. The summed E-state index contributed by atoms with van der Waals surface area (Å²) < 4.78 is 11.8. The van der Waals surface area contributed by atoms with Crippen molar-refractivity contribution in [3.05, 3.63) is 23.5 Å². The van der Waals surface area contributed by atoms with Gasteiger partial charge in [-0.25, -0.2) is 4.39 Å². The maximum Gasteiger partial charge on any atom is 0.119 e. The second-order valence-electron chi connectivity index (χ2n) is 0.966. The maximum atomic E-state index is 11.8. The van der Waals surface area contributed by atoms with Crippen LogP contribution in [0.1, 0.15) is 6.92 Å². The molecule has 0 bridgehead atoms. The molecular weight excluding hydrogens is 115 g/mol. The lowest BCUT2D eigenvalue weighted by Gasteiger charge is -1.75. The molecule has 0 fully saturated rings. The Balaban J connectivity index is 3.58. The summed E-state index contributed by atoms with van der Waals surface area (Å²) in [6.07, 6.45) is 2.51. The topological polar surface area (TPSA) is 0 Å². The molecule has 2 heteroatoms. The van der Waals surface area contributed by atoms with E-state index in [0.717, 1.165) is 5.54 Å². The van der Waals surface area contributed by atoms with Crippen LogP contribution in [0.5, 0.6) is 0 Å². The van der Waals surface area contributed by atoms with Gasteiger partial charge in [-0.3, -0.25) is 0 Å². The molecule has 0 aromatic heterocycles. The highest BCUT2D eigenvalue weighted by Gasteiger charge is 1.76. The van der Waals surface area contributed by atoms with Crippen LogP contribution in [0.4, 0.5) is 4.39 Å². The first kappa shape index (κ1) is 6.70. The van der Waals surface area contributed by atoms with E-state index < -0.39 is 0 Å². The fraction of sp³-hybridized carbons (Fsp3) is 0.200. The van der Waals surface area contributed by atoms with Crippen molar-refractivity contribution in [2.75, 3.05) is 0 Å². The first-order valence-corrected chi connectivity index (χ1v) is 2.33. The second-order valence-corrected chi connectivity index (χ2v) is 1.22. The molecule has 0 nitrogen and oxygen atoms in total. The lowest BCUT2D eigenvalue weighted by Crippen LogP contribution is -1.56. The number of halogens is 2. The first-order chi connectivity index (χ1) is 3.31. The van der Waals surface area contributed by atoms with Crippen molar-refractivity contribution in [1.82, 2.24) is 0 Å². The molecule has 0 radical (unpaired) electrons. The summed E-state index contributed by atoms with van der Waals surface area (Å²) in [6.45, 7) is 1.60. The van der Waals surface area contributed by atoms with Gasteiger partial charge in [-0.1, -0.05) is 17.7 Å². The monoisotopic (exact) mass is 120 g/mol. The lowest BCUT2D eigenvalue weighted by atomic mass is 10.5. The minimum absolute atomic E-state index is 0.310. The zero-order chi connectivity index (χ0) is 5.70. The van der Waals surface area contributed by atoms with Gasteiger partial charge >= 0.3 is 0 Å². The smallest absolute Gasteiger partial charge is 0.119 e. The van der Waals surface area contributed by atoms with E-state index in [9.17, 15) is 4.39 Å². The molecule has 0 unspecified atom stereocenters. The minimum Gasteiger partial charge on any atom is -0.207 e. The van der Waals surface area contributed by atoms with Crippen molar-refractivity contribution in [3.63, 3.8) is 0 Å². The molecule has 0 amide bonds. The zero-order valence-electron chi connectivity index (χ0n) is 3.99. The molecule has 7 heavy (non-hydrogen) atoms. The van der Waals surface area contributed by atoms with Crippen molar-refractivity contribution < 1.29 is 4.39 Å². The second kappa shape index (κ2) is 3.88. The third-order valence-electron chi connectivity index (χ3n) is 0.498. The number of hydrogen-bond donors (Lipinski definition) is 0. The molecule has 0 aromatic rings. The number of hydrogen-bond acceptors (Lipinski definition) is 0. The average Bonchev–Trinajstić information content (AvgIpc) is 1.68. The fourth-order valence-corrected chi connectivity index (χ4v) is 0.277. The van der Waals surface area contributed by atoms with E-state index in [1.165, 1.54) is 12.2 Å². The molecule has 0 saturated heterocycles. The Morgan fingerprint density at radius 2 is 2.29 bits per heavy atom. The Bertz CT molecular complexity index is 94.3. The summed E-state index contributed by atoms with van der Waals surface area (Å²) in [6, 6.07) is 0. The summed E-state index contributed by atoms with van der Waals surface area (Å²) in [5.41, 5.74) is 1.13. The van der Waals surface area contributed by atoms with Crippen LogP contribution in [0.25, 0.3) is 0 Å². The molecule has 40 valence electrons. The number of allylic oxidation sites excluding steroid dienone is 3. The lowest BCUT2D eigenvalue weighted by molar-refractivity contribution is 0.665. The molecular formula is C5H6ClF. The Labute approximate surface area is 47.3 Å². The molecule has 0 saturated carbocycles. The summed E-state index contributed by atoms with van der Waals surface area (Å²) in [5.74, 6) is -0.310. The van der Waals surface area contributed by atoms with Gasteiger partial charge < -0.3 is 0 Å². The molecule has 0 atom stereocenters. The predicted molar refractivity (Wildman–Crippen MR) is 29.9 cm³/mol. The van der Waals surface area contributed by atoms with Crippen molar-refractivity contribution in [2.45, 2.75) is 6.92 Å². The maximum absolute atomic E-state index is 11.8. The van der Waals surface area contributed by atoms with Gasteiger partial charge in [0, 0.05) is 5.54 Å². The van der Waals surface area contributed by atoms with Crippen LogP contribution >= 0.6 is 11.6 Å². The highest BCUT2D eigenvalue weighted by Crippen LogP contribution is 1.96. The molecule has 0 aliphatic carbocycles. The minimum atomic E-state index is -0.310. The highest BCUT2D eigenvalue weighted by atomic mass is 35.5. The Kier molecular flexibility index (Phi) is 3.71. The van der Waals surface area contributed by atoms with E-state index in [2.05, 4.69) is 0 Å². The van der Waals surface area contributed by atoms with Crippen LogP contribution in [0.3, 0.4) is 0 Å². The summed E-state index contributed by atoms with van der Waals surface area (Å²) in [4.78, 5) is 0. The van der Waals surface area contributed by atoms with Crippen LogP contribution in [0, 0.1) is 0 Å². The average molecular weight is 121 g/mol. The van der Waals surface area contributed by atoms with Gasteiger partial charge in [0.25, 0.3) is 0 Å². The molecule has 0 aromatic carbocycles. The molecule has 0 heterocycles. The van der Waals surface area contributed by atoms with Gasteiger partial charge in [0.05, 0.1) is 0 Å². The first-order valence-electron chi connectivity index (χ1n) is 1.90. The van der Waals surface area contributed by atoms with Gasteiger partial charge in [0.2, 0.25) is 0 Å². The Hall–Kier alpha value is -0.300. The largest absolute Gasteiger partial charge is 0.207 e. The van der Waals surface area contributed by atoms with Crippen LogP contribution in [-0.2, 0) is 0 Å². The van der Waals surface area contributed by atoms with Crippen LogP contribution in [0.15, 0.2) is 23.5 Å². The normalized spacial score (nSPS) is 13.3. The van der Waals surface area contributed by atoms with E-state index in [-0.39, 0.29) is 5.83 Å². The van der Waals surface area contributed by atoms with E-state index in [0.29, 0.717) is 0 Å². The van der Waals surface area contributed by atoms with Crippen LogP contribution < -0.4 is 0 Å². The molecule has 0 spiro atoms. The van der Waals surface area contributed by atoms with E-state index in [1.54, 1.807) is 6.92 Å². The Morgan fingerprint density at radius 1 is 1.71 bits per heavy atom. The van der Waals surface area contributed by atoms with Gasteiger partial charge in [-0.15, -0.1) is 0 Å². The summed E-state index contributed by atoms with van der Waals surface area (Å²) in [5, 5.41) is 0. The van der Waals surface area contributed by atoms with Crippen molar-refractivity contribution in [1.29, 1.82) is 0 Å². The van der Waals surface area contributed by atoms with Gasteiger partial charge in [0.15, 0.2) is 0 Å². The molecule has 0 rings (SSSR count). The SMILES string of the molecule is C/C=C(F)\C=C\Cl. The van der Waals surface area contributed by atoms with Gasteiger partial charge in [-0.2, -0.15) is 0 Å². The standard InChI is InChI=1S/C5H6ClF/c1-2-5(7)3-4-6/h2-4H,1H3/b4-3+,5-2+. The van der Waals surface area contributed by atoms with Crippen molar-refractivity contribution in [2.24, 2.45) is 0 Å². The van der Waals surface area contributed by atoms with E-state index >= 15 is 0 Å². The van der Waals surface area contributed by atoms with Gasteiger partial charge in [0.1, 0.15) is 5.83 Å². The number of rotatable bonds is 1. The molecule has 0 N–H and O–H groups in total. The zero-order valence-corrected chi connectivity index (χ0v) is 4.74. The van der Waals surface area contributed by atoms with Crippen molar-refractivity contribution >= 4 is 11.6 Å². The summed E-state index contributed by atoms with van der Waals surface area (Å²) >= 11 is 5.01. The third-order valence-corrected chi connectivity index (χ3v) is 0.624. The van der Waals surface area contributed by atoms with E-state index in [4.69, 9.17) is 11.6 Å². The highest BCUT2D eigenvalue weighted by molar-refractivity contribution is 6.25. The fourth-order valence-electron chi connectivity index (χ4n) is 0.156. The van der Waals surface area contributed by atoms with Gasteiger partial charge in [-0.05, 0) is 13.0 Å². The predicted octanol–water partition coefficient (Wildman–Crippen LogP) is 2.61. The van der Waals surface area contributed by atoms with E-state index in [1.807, 2.05) is 0 Å². The molecule has 0 aliphatic heterocycles. The quantitative estimate of drug-likeness (QED) is 0.467.